The molecule has 0 spiro atoms. The number of sulfonamides is 1. The molecular formula is C23H27N3O2S. The molecule has 5 nitrogen and oxygen atoms in total. The minimum absolute atomic E-state index is 0.282. The third-order valence-electron chi connectivity index (χ3n) is 4.75. The van der Waals surface area contributed by atoms with Gasteiger partial charge in [0.05, 0.1) is 4.90 Å². The normalized spacial score (nSPS) is 12.6. The summed E-state index contributed by atoms with van der Waals surface area (Å²) in [4.78, 5) is 4.33. The molecule has 0 aliphatic carbocycles. The predicted molar refractivity (Wildman–Crippen MR) is 119 cm³/mol. The zero-order valence-corrected chi connectivity index (χ0v) is 17.6. The Labute approximate surface area is 172 Å². The van der Waals surface area contributed by atoms with Crippen molar-refractivity contribution in [1.29, 1.82) is 0 Å². The predicted octanol–water partition coefficient (Wildman–Crippen LogP) is 3.84. The molecule has 29 heavy (non-hydrogen) atoms. The van der Waals surface area contributed by atoms with Crippen molar-refractivity contribution in [2.24, 2.45) is 5.92 Å². The van der Waals surface area contributed by atoms with Crippen LogP contribution >= 0.6 is 0 Å². The zero-order chi connectivity index (χ0) is 20.7. The van der Waals surface area contributed by atoms with E-state index in [9.17, 15) is 8.42 Å². The number of aromatic nitrogens is 1. The van der Waals surface area contributed by atoms with E-state index in [-0.39, 0.29) is 4.90 Å². The molecule has 3 aromatic rings. The highest BCUT2D eigenvalue weighted by Gasteiger charge is 2.16. The Morgan fingerprint density at radius 2 is 1.83 bits per heavy atom. The fourth-order valence-corrected chi connectivity index (χ4v) is 4.36. The van der Waals surface area contributed by atoms with E-state index in [1.54, 1.807) is 30.6 Å². The lowest BCUT2D eigenvalue weighted by Gasteiger charge is -2.14. The quantitative estimate of drug-likeness (QED) is 0.527. The second-order valence-corrected chi connectivity index (χ2v) is 8.95. The SMILES string of the molecule is CC(C)C(=Cc1ccccc1)CNCCNS(=O)(=O)c1cccc2cnccc12. The number of hydrogen-bond acceptors (Lipinski definition) is 4. The summed E-state index contributed by atoms with van der Waals surface area (Å²) in [6.07, 6.45) is 5.46. The highest BCUT2D eigenvalue weighted by atomic mass is 32.2. The molecule has 6 heteroatoms. The van der Waals surface area contributed by atoms with Gasteiger partial charge in [0.25, 0.3) is 0 Å². The van der Waals surface area contributed by atoms with Crippen molar-refractivity contribution in [3.8, 4) is 0 Å². The van der Waals surface area contributed by atoms with Crippen molar-refractivity contribution in [3.63, 3.8) is 0 Å². The van der Waals surface area contributed by atoms with E-state index in [0.717, 1.165) is 5.39 Å². The van der Waals surface area contributed by atoms with Crippen LogP contribution in [0.1, 0.15) is 19.4 Å². The first-order valence-electron chi connectivity index (χ1n) is 9.76. The highest BCUT2D eigenvalue weighted by molar-refractivity contribution is 7.89. The molecule has 1 heterocycles. The molecular weight excluding hydrogens is 382 g/mol. The number of nitrogens with zero attached hydrogens (tertiary/aromatic N) is 1. The first-order chi connectivity index (χ1) is 14.0. The topological polar surface area (TPSA) is 71.1 Å². The number of benzene rings is 2. The van der Waals surface area contributed by atoms with Crippen LogP contribution < -0.4 is 10.0 Å². The molecule has 0 atom stereocenters. The molecule has 2 aromatic carbocycles. The zero-order valence-electron chi connectivity index (χ0n) is 16.8. The Hall–Kier alpha value is -2.54. The summed E-state index contributed by atoms with van der Waals surface area (Å²) in [6, 6.07) is 17.2. The minimum atomic E-state index is -3.58. The van der Waals surface area contributed by atoms with Crippen LogP contribution in [-0.4, -0.2) is 33.0 Å². The van der Waals surface area contributed by atoms with Crippen LogP contribution in [0.2, 0.25) is 0 Å². The third kappa shape index (κ3) is 5.73. The van der Waals surface area contributed by atoms with Crippen LogP contribution in [0.3, 0.4) is 0 Å². The van der Waals surface area contributed by atoms with E-state index in [1.807, 2.05) is 24.3 Å². The smallest absolute Gasteiger partial charge is 0.241 e. The molecule has 1 aromatic heterocycles. The van der Waals surface area contributed by atoms with E-state index in [1.165, 1.54) is 11.1 Å². The fourth-order valence-electron chi connectivity index (χ4n) is 3.10. The number of nitrogens with one attached hydrogen (secondary N) is 2. The average Bonchev–Trinajstić information content (AvgIpc) is 2.72. The maximum Gasteiger partial charge on any atom is 0.241 e. The number of rotatable bonds is 9. The van der Waals surface area contributed by atoms with Crippen molar-refractivity contribution >= 4 is 26.9 Å². The largest absolute Gasteiger partial charge is 0.312 e. The first-order valence-corrected chi connectivity index (χ1v) is 11.2. The molecule has 0 aliphatic rings. The summed E-state index contributed by atoms with van der Waals surface area (Å²) < 4.78 is 28.1. The Bertz CT molecular complexity index is 1070. The minimum Gasteiger partial charge on any atom is -0.312 e. The van der Waals surface area contributed by atoms with Gasteiger partial charge in [-0.1, -0.05) is 68.0 Å². The average molecular weight is 410 g/mol. The van der Waals surface area contributed by atoms with Gasteiger partial charge in [0, 0.05) is 42.8 Å². The monoisotopic (exact) mass is 409 g/mol. The van der Waals surface area contributed by atoms with Crippen LogP contribution in [-0.2, 0) is 10.0 Å². The summed E-state index contributed by atoms with van der Waals surface area (Å²) in [6.45, 7) is 5.90. The van der Waals surface area contributed by atoms with Gasteiger partial charge >= 0.3 is 0 Å². The molecule has 0 radical (unpaired) electrons. The van der Waals surface area contributed by atoms with E-state index in [0.29, 0.717) is 30.9 Å². The van der Waals surface area contributed by atoms with Gasteiger partial charge in [-0.2, -0.15) is 0 Å². The van der Waals surface area contributed by atoms with Gasteiger partial charge < -0.3 is 5.32 Å². The van der Waals surface area contributed by atoms with Crippen molar-refractivity contribution in [1.82, 2.24) is 15.0 Å². The summed E-state index contributed by atoms with van der Waals surface area (Å²) in [5.41, 5.74) is 2.45. The molecule has 0 amide bonds. The molecule has 3 rings (SSSR count). The van der Waals surface area contributed by atoms with E-state index < -0.39 is 10.0 Å². The van der Waals surface area contributed by atoms with Crippen LogP contribution in [0.15, 0.2) is 77.5 Å². The second kappa shape index (κ2) is 9.78. The molecule has 0 bridgehead atoms. The van der Waals surface area contributed by atoms with Crippen LogP contribution in [0.25, 0.3) is 16.8 Å². The van der Waals surface area contributed by atoms with Gasteiger partial charge in [0.2, 0.25) is 10.0 Å². The molecule has 0 fully saturated rings. The lowest BCUT2D eigenvalue weighted by Crippen LogP contribution is -2.33. The Balaban J connectivity index is 1.57. The first kappa shape index (κ1) is 21.2. The maximum absolute atomic E-state index is 12.7. The van der Waals surface area contributed by atoms with E-state index in [4.69, 9.17) is 0 Å². The van der Waals surface area contributed by atoms with Crippen molar-refractivity contribution in [3.05, 3.63) is 78.1 Å². The van der Waals surface area contributed by atoms with Crippen molar-refractivity contribution < 1.29 is 8.42 Å². The molecule has 152 valence electrons. The Morgan fingerprint density at radius 1 is 1.03 bits per heavy atom. The Morgan fingerprint density at radius 3 is 2.59 bits per heavy atom. The second-order valence-electron chi connectivity index (χ2n) is 7.21. The number of fused-ring (bicyclic) bond motifs is 1. The van der Waals surface area contributed by atoms with Crippen molar-refractivity contribution in [2.75, 3.05) is 19.6 Å². The summed E-state index contributed by atoms with van der Waals surface area (Å²) in [7, 11) is -3.58. The molecule has 0 saturated heterocycles. The van der Waals surface area contributed by atoms with Crippen LogP contribution in [0.4, 0.5) is 0 Å². The van der Waals surface area contributed by atoms with Gasteiger partial charge in [0.15, 0.2) is 0 Å². The van der Waals surface area contributed by atoms with E-state index >= 15 is 0 Å². The Kier molecular flexibility index (Phi) is 7.14. The number of hydrogen-bond donors (Lipinski definition) is 2. The lowest BCUT2D eigenvalue weighted by molar-refractivity contribution is 0.577. The lowest BCUT2D eigenvalue weighted by atomic mass is 10.0. The third-order valence-corrected chi connectivity index (χ3v) is 6.27. The van der Waals surface area contributed by atoms with E-state index in [2.05, 4.69) is 47.1 Å². The molecule has 0 saturated carbocycles. The highest BCUT2D eigenvalue weighted by Crippen LogP contribution is 2.21. The fraction of sp³-hybridized carbons (Fsp3) is 0.261. The molecule has 0 aliphatic heterocycles. The van der Waals surface area contributed by atoms with Crippen LogP contribution in [0.5, 0.6) is 0 Å². The number of pyridine rings is 1. The molecule has 0 unspecified atom stereocenters. The van der Waals surface area contributed by atoms with Gasteiger partial charge in [-0.15, -0.1) is 0 Å². The summed E-state index contributed by atoms with van der Waals surface area (Å²) in [5.74, 6) is 0.406. The van der Waals surface area contributed by atoms with Crippen molar-refractivity contribution in [2.45, 2.75) is 18.7 Å². The standard InChI is InChI=1S/C23H27N3O2S/c1-18(2)21(15-19-7-4-3-5-8-19)17-25-13-14-26-29(27,28)23-10-6-9-20-16-24-12-11-22(20)23/h3-12,15-16,18,25-26H,13-14,17H2,1-2H3. The molecule has 2 N–H and O–H groups in total. The summed E-state index contributed by atoms with van der Waals surface area (Å²) in [5, 5.41) is 4.83. The maximum atomic E-state index is 12.7. The van der Waals surface area contributed by atoms with Gasteiger partial charge in [-0.05, 0) is 23.6 Å². The van der Waals surface area contributed by atoms with Gasteiger partial charge in [-0.25, -0.2) is 13.1 Å². The van der Waals surface area contributed by atoms with Gasteiger partial charge in [0.1, 0.15) is 0 Å². The van der Waals surface area contributed by atoms with Crippen LogP contribution in [0, 0.1) is 5.92 Å². The summed E-state index contributed by atoms with van der Waals surface area (Å²) >= 11 is 0. The van der Waals surface area contributed by atoms with Gasteiger partial charge in [-0.3, -0.25) is 4.98 Å².